The van der Waals surface area contributed by atoms with Crippen molar-refractivity contribution in [1.82, 2.24) is 9.80 Å². The second kappa shape index (κ2) is 9.46. The number of nitrogens with one attached hydrogen (secondary N) is 1. The second-order valence-corrected chi connectivity index (χ2v) is 9.60. The second-order valence-electron chi connectivity index (χ2n) is 7.91. The highest BCUT2D eigenvalue weighted by Crippen LogP contribution is 2.23. The number of rotatable bonds is 5. The summed E-state index contributed by atoms with van der Waals surface area (Å²) in [4.78, 5) is 29.4. The van der Waals surface area contributed by atoms with Crippen LogP contribution in [0.3, 0.4) is 0 Å². The molecule has 0 aliphatic carbocycles. The summed E-state index contributed by atoms with van der Waals surface area (Å²) in [6.07, 6.45) is 0. The van der Waals surface area contributed by atoms with E-state index >= 15 is 0 Å². The summed E-state index contributed by atoms with van der Waals surface area (Å²) in [5.41, 5.74) is 2.07. The van der Waals surface area contributed by atoms with E-state index in [1.807, 2.05) is 25.1 Å². The molecule has 1 aliphatic heterocycles. The van der Waals surface area contributed by atoms with Crippen molar-refractivity contribution in [3.05, 3.63) is 95.6 Å². The van der Waals surface area contributed by atoms with Crippen LogP contribution in [-0.4, -0.2) is 56.2 Å². The molecule has 1 saturated heterocycles. The van der Waals surface area contributed by atoms with E-state index in [-0.39, 0.29) is 28.0 Å². The molecule has 0 aromatic heterocycles. The van der Waals surface area contributed by atoms with E-state index in [1.165, 1.54) is 12.1 Å². The summed E-state index contributed by atoms with van der Waals surface area (Å²) in [5.74, 6) is -0.335. The van der Waals surface area contributed by atoms with Gasteiger partial charge in [0.25, 0.3) is 21.8 Å². The molecule has 3 aromatic carbocycles. The smallest absolute Gasteiger partial charge is 0.261 e. The highest BCUT2D eigenvalue weighted by molar-refractivity contribution is 7.92. The Morgan fingerprint density at radius 1 is 0.727 bits per heavy atom. The van der Waals surface area contributed by atoms with Crippen molar-refractivity contribution in [2.75, 3.05) is 30.9 Å². The Balaban J connectivity index is 1.47. The lowest BCUT2D eigenvalue weighted by atomic mass is 10.1. The van der Waals surface area contributed by atoms with Gasteiger partial charge >= 0.3 is 0 Å². The zero-order valence-electron chi connectivity index (χ0n) is 18.3. The average molecular weight is 464 g/mol. The molecule has 0 saturated carbocycles. The maximum Gasteiger partial charge on any atom is 0.261 e. The van der Waals surface area contributed by atoms with E-state index in [0.29, 0.717) is 31.7 Å². The number of benzene rings is 3. The Labute approximate surface area is 193 Å². The number of aryl methyl sites for hydroxylation is 1. The minimum atomic E-state index is -3.84. The average Bonchev–Trinajstić information content (AvgIpc) is 2.84. The monoisotopic (exact) mass is 463 g/mol. The Morgan fingerprint density at radius 3 is 1.91 bits per heavy atom. The van der Waals surface area contributed by atoms with Gasteiger partial charge in [-0.2, -0.15) is 0 Å². The first-order valence-corrected chi connectivity index (χ1v) is 12.2. The van der Waals surface area contributed by atoms with Crippen LogP contribution in [0.2, 0.25) is 0 Å². The van der Waals surface area contributed by atoms with Crippen molar-refractivity contribution >= 4 is 27.5 Å². The third kappa shape index (κ3) is 5.06. The van der Waals surface area contributed by atoms with Gasteiger partial charge in [-0.25, -0.2) is 8.42 Å². The van der Waals surface area contributed by atoms with E-state index < -0.39 is 10.0 Å². The predicted octanol–water partition coefficient (Wildman–Crippen LogP) is 3.39. The van der Waals surface area contributed by atoms with Crippen LogP contribution in [0.25, 0.3) is 0 Å². The van der Waals surface area contributed by atoms with E-state index in [1.54, 1.807) is 58.3 Å². The molecule has 1 N–H and O–H groups in total. The maximum absolute atomic E-state index is 13.2. The fourth-order valence-electron chi connectivity index (χ4n) is 3.73. The van der Waals surface area contributed by atoms with Gasteiger partial charge in [0, 0.05) is 31.7 Å². The molecule has 1 heterocycles. The Hall–Kier alpha value is -3.65. The van der Waals surface area contributed by atoms with Crippen molar-refractivity contribution in [2.45, 2.75) is 11.8 Å². The molecule has 4 rings (SSSR count). The minimum absolute atomic E-state index is 0.0612. The number of carbonyl (C=O) groups excluding carboxylic acids is 2. The van der Waals surface area contributed by atoms with Crippen molar-refractivity contribution in [3.63, 3.8) is 0 Å². The summed E-state index contributed by atoms with van der Waals surface area (Å²) in [5, 5.41) is 0. The number of carbonyl (C=O) groups is 2. The van der Waals surface area contributed by atoms with Crippen LogP contribution in [0.4, 0.5) is 5.69 Å². The van der Waals surface area contributed by atoms with Crippen LogP contribution in [0.1, 0.15) is 26.3 Å². The van der Waals surface area contributed by atoms with Gasteiger partial charge in [-0.3, -0.25) is 14.3 Å². The highest BCUT2D eigenvalue weighted by Gasteiger charge is 2.27. The lowest BCUT2D eigenvalue weighted by Gasteiger charge is -2.35. The first kappa shape index (κ1) is 22.5. The first-order valence-electron chi connectivity index (χ1n) is 10.7. The lowest BCUT2D eigenvalue weighted by Crippen LogP contribution is -2.50. The molecule has 1 aliphatic rings. The number of amides is 2. The fraction of sp³-hybridized carbons (Fsp3) is 0.200. The molecule has 1 fully saturated rings. The summed E-state index contributed by atoms with van der Waals surface area (Å²) in [6, 6.07) is 22.1. The third-order valence-electron chi connectivity index (χ3n) is 5.61. The molecular weight excluding hydrogens is 438 g/mol. The van der Waals surface area contributed by atoms with E-state index in [9.17, 15) is 18.0 Å². The number of nitrogens with zero attached hydrogens (tertiary/aromatic N) is 2. The molecule has 3 aromatic rings. The van der Waals surface area contributed by atoms with Crippen LogP contribution in [-0.2, 0) is 10.0 Å². The van der Waals surface area contributed by atoms with E-state index in [4.69, 9.17) is 0 Å². The molecule has 0 atom stereocenters. The van der Waals surface area contributed by atoms with E-state index in [0.717, 1.165) is 5.56 Å². The van der Waals surface area contributed by atoms with Crippen LogP contribution >= 0.6 is 0 Å². The fourth-order valence-corrected chi connectivity index (χ4v) is 4.81. The molecule has 0 spiro atoms. The molecule has 2 amide bonds. The largest absolute Gasteiger partial charge is 0.335 e. The number of anilines is 1. The Morgan fingerprint density at radius 2 is 1.27 bits per heavy atom. The highest BCUT2D eigenvalue weighted by atomic mass is 32.2. The number of para-hydroxylation sites is 1. The van der Waals surface area contributed by atoms with Crippen molar-refractivity contribution < 1.29 is 18.0 Å². The van der Waals surface area contributed by atoms with Crippen molar-refractivity contribution in [2.24, 2.45) is 0 Å². The quantitative estimate of drug-likeness (QED) is 0.628. The molecular formula is C25H25N3O4S. The van der Waals surface area contributed by atoms with Gasteiger partial charge in [0.05, 0.1) is 16.1 Å². The molecule has 7 nitrogen and oxygen atoms in total. The molecule has 0 bridgehead atoms. The van der Waals surface area contributed by atoms with Gasteiger partial charge in [-0.15, -0.1) is 0 Å². The van der Waals surface area contributed by atoms with Crippen LogP contribution in [0.15, 0.2) is 83.8 Å². The van der Waals surface area contributed by atoms with Gasteiger partial charge in [0.2, 0.25) is 0 Å². The number of hydrogen-bond acceptors (Lipinski definition) is 4. The topological polar surface area (TPSA) is 86.8 Å². The maximum atomic E-state index is 13.2. The number of hydrogen-bond donors (Lipinski definition) is 1. The number of sulfonamides is 1. The third-order valence-corrected chi connectivity index (χ3v) is 6.99. The molecule has 0 radical (unpaired) electrons. The first-order chi connectivity index (χ1) is 15.8. The Kier molecular flexibility index (Phi) is 6.46. The Bertz CT molecular complexity index is 1250. The number of piperazine rings is 1. The minimum Gasteiger partial charge on any atom is -0.335 e. The van der Waals surface area contributed by atoms with Gasteiger partial charge < -0.3 is 9.80 Å². The van der Waals surface area contributed by atoms with Gasteiger partial charge in [0.15, 0.2) is 0 Å². The van der Waals surface area contributed by atoms with Crippen molar-refractivity contribution in [1.29, 1.82) is 0 Å². The molecule has 33 heavy (non-hydrogen) atoms. The SMILES string of the molecule is Cc1ccc(S(=O)(=O)Nc2ccccc2C(=O)N2CCN(C(=O)c3ccccc3)CC2)cc1. The van der Waals surface area contributed by atoms with Gasteiger partial charge in [-0.05, 0) is 43.3 Å². The summed E-state index contributed by atoms with van der Waals surface area (Å²) < 4.78 is 28.2. The molecule has 0 unspecified atom stereocenters. The summed E-state index contributed by atoms with van der Waals surface area (Å²) >= 11 is 0. The van der Waals surface area contributed by atoms with Gasteiger partial charge in [-0.1, -0.05) is 48.0 Å². The van der Waals surface area contributed by atoms with E-state index in [2.05, 4.69) is 4.72 Å². The zero-order chi connectivity index (χ0) is 23.4. The van der Waals surface area contributed by atoms with Crippen LogP contribution in [0.5, 0.6) is 0 Å². The summed E-state index contributed by atoms with van der Waals surface area (Å²) in [6.45, 7) is 3.45. The summed E-state index contributed by atoms with van der Waals surface area (Å²) in [7, 11) is -3.84. The molecule has 170 valence electrons. The lowest BCUT2D eigenvalue weighted by molar-refractivity contribution is 0.0536. The van der Waals surface area contributed by atoms with Crippen LogP contribution in [0, 0.1) is 6.92 Å². The van der Waals surface area contributed by atoms with Gasteiger partial charge in [0.1, 0.15) is 0 Å². The van der Waals surface area contributed by atoms with Crippen molar-refractivity contribution in [3.8, 4) is 0 Å². The van der Waals surface area contributed by atoms with Crippen LogP contribution < -0.4 is 4.72 Å². The standard InChI is InChI=1S/C25H25N3O4S/c1-19-11-13-21(14-12-19)33(31,32)26-23-10-6-5-9-22(23)25(30)28-17-15-27(16-18-28)24(29)20-7-3-2-4-8-20/h2-14,26H,15-18H2,1H3. The molecule has 8 heteroatoms. The zero-order valence-corrected chi connectivity index (χ0v) is 19.1. The normalized spacial score (nSPS) is 14.1. The predicted molar refractivity (Wildman–Crippen MR) is 127 cm³/mol.